The fourth-order valence-electron chi connectivity index (χ4n) is 3.27. The number of carbonyl (C=O) groups is 4. The van der Waals surface area contributed by atoms with Gasteiger partial charge in [0.15, 0.2) is 0 Å². The molecule has 0 saturated heterocycles. The molecule has 0 bridgehead atoms. The van der Waals surface area contributed by atoms with E-state index in [2.05, 4.69) is 10.1 Å². The molecule has 0 spiro atoms. The van der Waals surface area contributed by atoms with Gasteiger partial charge in [-0.1, -0.05) is 18.2 Å². The van der Waals surface area contributed by atoms with Gasteiger partial charge in [0, 0.05) is 24.7 Å². The highest BCUT2D eigenvalue weighted by atomic mass is 16.5. The number of anilines is 1. The highest BCUT2D eigenvalue weighted by Gasteiger charge is 2.37. The van der Waals surface area contributed by atoms with Crippen molar-refractivity contribution in [3.05, 3.63) is 29.8 Å². The summed E-state index contributed by atoms with van der Waals surface area (Å²) in [5, 5.41) is 2.58. The zero-order valence-corrected chi connectivity index (χ0v) is 15.6. The van der Waals surface area contributed by atoms with Crippen LogP contribution in [0.4, 0.5) is 5.69 Å². The number of hydrogen-bond donors (Lipinski definition) is 2. The van der Waals surface area contributed by atoms with Gasteiger partial charge in [-0.2, -0.15) is 0 Å². The van der Waals surface area contributed by atoms with E-state index in [4.69, 9.17) is 5.73 Å². The molecular weight excluding hydrogens is 350 g/mol. The topological polar surface area (TPSA) is 119 Å². The predicted molar refractivity (Wildman–Crippen MR) is 98.8 cm³/mol. The summed E-state index contributed by atoms with van der Waals surface area (Å²) in [6, 6.07) is 6.65. The quantitative estimate of drug-likeness (QED) is 0.434. The van der Waals surface area contributed by atoms with Crippen molar-refractivity contribution in [2.45, 2.75) is 44.6 Å². The number of rotatable bonds is 6. The van der Waals surface area contributed by atoms with Crippen LogP contribution in [0.5, 0.6) is 0 Å². The third-order valence-electron chi connectivity index (χ3n) is 4.67. The Morgan fingerprint density at radius 1 is 1.22 bits per heavy atom. The molecule has 2 unspecified atom stereocenters. The molecule has 2 atom stereocenters. The molecule has 0 aliphatic carbocycles. The minimum atomic E-state index is -0.716. The second kappa shape index (κ2) is 9.16. The molecule has 3 amide bonds. The molecule has 8 heteroatoms. The number of benzene rings is 1. The number of nitrogens with one attached hydrogen (secondary N) is 1. The van der Waals surface area contributed by atoms with E-state index >= 15 is 0 Å². The number of amides is 3. The van der Waals surface area contributed by atoms with Gasteiger partial charge in [-0.3, -0.25) is 19.2 Å². The average Bonchev–Trinajstić information content (AvgIpc) is 2.66. The summed E-state index contributed by atoms with van der Waals surface area (Å²) in [6.07, 6.45) is 1.75. The molecule has 8 nitrogen and oxygen atoms in total. The number of nitrogens with two attached hydrogens (primary N) is 1. The first kappa shape index (κ1) is 20.4. The van der Waals surface area contributed by atoms with Crippen molar-refractivity contribution in [2.24, 2.45) is 5.73 Å². The number of para-hydroxylation sites is 1. The van der Waals surface area contributed by atoms with Crippen LogP contribution in [0, 0.1) is 0 Å². The Bertz CT molecular complexity index is 734. The number of carbonyl (C=O) groups excluding carboxylic acids is 4. The van der Waals surface area contributed by atoms with Crippen LogP contribution in [0.25, 0.3) is 0 Å². The lowest BCUT2D eigenvalue weighted by Crippen LogP contribution is -2.51. The van der Waals surface area contributed by atoms with Gasteiger partial charge >= 0.3 is 17.8 Å². The molecule has 1 aliphatic rings. The molecule has 2 rings (SSSR count). The molecule has 146 valence electrons. The smallest absolute Gasteiger partial charge is 0.316 e. The summed E-state index contributed by atoms with van der Waals surface area (Å²) in [6.45, 7) is 2.07. The van der Waals surface area contributed by atoms with E-state index in [1.165, 1.54) is 12.0 Å². The fraction of sp³-hybridized carbons (Fsp3) is 0.474. The molecule has 1 aliphatic heterocycles. The van der Waals surface area contributed by atoms with Crippen LogP contribution >= 0.6 is 0 Å². The maximum absolute atomic E-state index is 12.7. The van der Waals surface area contributed by atoms with E-state index < -0.39 is 23.6 Å². The maximum Gasteiger partial charge on any atom is 0.316 e. The van der Waals surface area contributed by atoms with Crippen molar-refractivity contribution in [1.82, 2.24) is 5.32 Å². The van der Waals surface area contributed by atoms with Crippen LogP contribution < -0.4 is 16.0 Å². The Kier molecular flexibility index (Phi) is 6.92. The van der Waals surface area contributed by atoms with Gasteiger partial charge in [-0.25, -0.2) is 0 Å². The first-order chi connectivity index (χ1) is 12.9. The van der Waals surface area contributed by atoms with E-state index in [1.54, 1.807) is 31.2 Å². The van der Waals surface area contributed by atoms with Gasteiger partial charge in [0.05, 0.1) is 13.0 Å². The Labute approximate surface area is 158 Å². The highest BCUT2D eigenvalue weighted by molar-refractivity contribution is 6.40. The number of hydrogen-bond acceptors (Lipinski definition) is 5. The Hall–Kier alpha value is -2.90. The highest BCUT2D eigenvalue weighted by Crippen LogP contribution is 2.38. The number of fused-ring (bicyclic) bond motifs is 1. The van der Waals surface area contributed by atoms with Crippen molar-refractivity contribution < 1.29 is 23.9 Å². The van der Waals surface area contributed by atoms with E-state index in [1.807, 2.05) is 0 Å². The van der Waals surface area contributed by atoms with Crippen molar-refractivity contribution in [2.75, 3.05) is 18.6 Å². The third kappa shape index (κ3) is 4.84. The van der Waals surface area contributed by atoms with Gasteiger partial charge in [-0.05, 0) is 37.8 Å². The molecule has 0 aromatic heterocycles. The van der Waals surface area contributed by atoms with Gasteiger partial charge in [-0.15, -0.1) is 0 Å². The summed E-state index contributed by atoms with van der Waals surface area (Å²) < 4.78 is 4.55. The SMILES string of the molecule is COC(=O)CCCCNC(=O)C(=O)N1c2ccccc2C(C(N)=O)CC1C. The number of methoxy groups -OCH3 is 1. The van der Waals surface area contributed by atoms with Gasteiger partial charge in [0.1, 0.15) is 0 Å². The lowest BCUT2D eigenvalue weighted by atomic mass is 9.85. The summed E-state index contributed by atoms with van der Waals surface area (Å²) >= 11 is 0. The molecule has 27 heavy (non-hydrogen) atoms. The number of nitrogens with zero attached hydrogens (tertiary/aromatic N) is 1. The maximum atomic E-state index is 12.7. The van der Waals surface area contributed by atoms with E-state index in [9.17, 15) is 19.2 Å². The van der Waals surface area contributed by atoms with Crippen LogP contribution in [-0.4, -0.2) is 43.4 Å². The molecule has 0 fully saturated rings. The molecule has 0 radical (unpaired) electrons. The van der Waals surface area contributed by atoms with Gasteiger partial charge in [0.25, 0.3) is 0 Å². The van der Waals surface area contributed by atoms with Gasteiger partial charge < -0.3 is 20.7 Å². The summed E-state index contributed by atoms with van der Waals surface area (Å²) in [4.78, 5) is 49.2. The van der Waals surface area contributed by atoms with Crippen molar-refractivity contribution >= 4 is 29.4 Å². The van der Waals surface area contributed by atoms with Crippen molar-refractivity contribution in [3.63, 3.8) is 0 Å². The second-order valence-corrected chi connectivity index (χ2v) is 6.56. The van der Waals surface area contributed by atoms with Crippen LogP contribution in [0.3, 0.4) is 0 Å². The van der Waals surface area contributed by atoms with E-state index in [0.29, 0.717) is 30.5 Å². The lowest BCUT2D eigenvalue weighted by molar-refractivity contribution is -0.140. The predicted octanol–water partition coefficient (Wildman–Crippen LogP) is 0.840. The molecule has 1 aromatic carbocycles. The van der Waals surface area contributed by atoms with Crippen LogP contribution in [0.2, 0.25) is 0 Å². The van der Waals surface area contributed by atoms with Crippen molar-refractivity contribution in [3.8, 4) is 0 Å². The summed E-state index contributed by atoms with van der Waals surface area (Å²) in [5.74, 6) is -2.63. The zero-order chi connectivity index (χ0) is 20.0. The summed E-state index contributed by atoms with van der Waals surface area (Å²) in [7, 11) is 1.32. The Morgan fingerprint density at radius 2 is 1.93 bits per heavy atom. The molecular formula is C19H25N3O5. The van der Waals surface area contributed by atoms with Crippen LogP contribution in [0.1, 0.15) is 44.1 Å². The lowest BCUT2D eigenvalue weighted by Gasteiger charge is -2.37. The number of ether oxygens (including phenoxy) is 1. The number of primary amides is 1. The molecule has 1 aromatic rings. The minimum Gasteiger partial charge on any atom is -0.469 e. The summed E-state index contributed by atoms with van der Waals surface area (Å²) in [5.41, 5.74) is 6.68. The molecule has 0 saturated carbocycles. The largest absolute Gasteiger partial charge is 0.469 e. The number of unbranched alkanes of at least 4 members (excludes halogenated alkanes) is 1. The standard InChI is InChI=1S/C19H25N3O5/c1-12-11-14(17(20)24)13-7-3-4-8-15(13)22(12)19(26)18(25)21-10-6-5-9-16(23)27-2/h3-4,7-8,12,14H,5-6,9-11H2,1-2H3,(H2,20,24)(H,21,25). The fourth-order valence-corrected chi connectivity index (χ4v) is 3.27. The Morgan fingerprint density at radius 3 is 2.59 bits per heavy atom. The third-order valence-corrected chi connectivity index (χ3v) is 4.67. The van der Waals surface area contributed by atoms with Crippen LogP contribution in [-0.2, 0) is 23.9 Å². The monoisotopic (exact) mass is 375 g/mol. The molecule has 3 N–H and O–H groups in total. The zero-order valence-electron chi connectivity index (χ0n) is 15.6. The normalized spacial score (nSPS) is 18.4. The van der Waals surface area contributed by atoms with E-state index in [0.717, 1.165) is 0 Å². The van der Waals surface area contributed by atoms with Crippen molar-refractivity contribution in [1.29, 1.82) is 0 Å². The second-order valence-electron chi connectivity index (χ2n) is 6.56. The molecule has 1 heterocycles. The van der Waals surface area contributed by atoms with Gasteiger partial charge in [0.2, 0.25) is 5.91 Å². The average molecular weight is 375 g/mol. The first-order valence-electron chi connectivity index (χ1n) is 8.93. The minimum absolute atomic E-state index is 0.269. The Balaban J connectivity index is 2.02. The number of esters is 1. The van der Waals surface area contributed by atoms with E-state index in [-0.39, 0.29) is 25.0 Å². The first-order valence-corrected chi connectivity index (χ1v) is 8.93. The van der Waals surface area contributed by atoms with Crippen LogP contribution in [0.15, 0.2) is 24.3 Å².